The summed E-state index contributed by atoms with van der Waals surface area (Å²) in [6.45, 7) is 6.23. The number of esters is 1. The number of rotatable bonds is 7. The topological polar surface area (TPSA) is 69.7 Å². The summed E-state index contributed by atoms with van der Waals surface area (Å²) in [6, 6.07) is 8.96. The van der Waals surface area contributed by atoms with E-state index in [1.165, 1.54) is 19.9 Å². The van der Waals surface area contributed by atoms with Crippen molar-refractivity contribution >= 4 is 22.2 Å². The molecule has 0 saturated carbocycles. The van der Waals surface area contributed by atoms with Crippen LogP contribution >= 0.6 is 0 Å². The van der Waals surface area contributed by atoms with E-state index in [0.29, 0.717) is 0 Å². The molecule has 0 bridgehead atoms. The average molecular weight is 310 g/mol. The molecule has 0 heterocycles. The zero-order valence-electron chi connectivity index (χ0n) is 12.0. The Morgan fingerprint density at radius 2 is 1.95 bits per heavy atom. The quantitative estimate of drug-likeness (QED) is 0.440. The molecular formula is C15H18O5S. The monoisotopic (exact) mass is 310 g/mol. The second-order valence-corrected chi connectivity index (χ2v) is 5.98. The third kappa shape index (κ3) is 6.87. The van der Waals surface area contributed by atoms with Crippen molar-refractivity contribution in [3.63, 3.8) is 0 Å². The Bertz CT molecular complexity index is 617. The van der Waals surface area contributed by atoms with Gasteiger partial charge < -0.3 is 4.74 Å². The predicted molar refractivity (Wildman–Crippen MR) is 80.7 cm³/mol. The lowest BCUT2D eigenvalue weighted by Gasteiger charge is -2.12. The molecule has 0 radical (unpaired) electrons. The summed E-state index contributed by atoms with van der Waals surface area (Å²) in [5.74, 6) is -0.580. The van der Waals surface area contributed by atoms with Crippen LogP contribution < -0.4 is 0 Å². The van der Waals surface area contributed by atoms with Crippen molar-refractivity contribution in [2.24, 2.45) is 0 Å². The molecule has 0 spiro atoms. The number of carbonyl (C=O) groups excluding carboxylic acids is 1. The summed E-state index contributed by atoms with van der Waals surface area (Å²) in [5, 5.41) is 0.968. The molecule has 1 rings (SSSR count). The molecule has 0 aliphatic heterocycles. The molecule has 1 aromatic rings. The normalized spacial score (nSPS) is 13.0. The van der Waals surface area contributed by atoms with Crippen molar-refractivity contribution in [2.45, 2.75) is 20.0 Å². The molecule has 1 atom stereocenters. The number of carbonyl (C=O) groups is 1. The Kier molecular flexibility index (Phi) is 6.33. The first-order valence-corrected chi connectivity index (χ1v) is 7.76. The van der Waals surface area contributed by atoms with Gasteiger partial charge in [0.2, 0.25) is 0 Å². The molecule has 0 saturated heterocycles. The van der Waals surface area contributed by atoms with Crippen molar-refractivity contribution in [2.75, 3.05) is 6.61 Å². The van der Waals surface area contributed by atoms with Crippen LogP contribution in [0.3, 0.4) is 0 Å². The summed E-state index contributed by atoms with van der Waals surface area (Å²) in [5.41, 5.74) is 0.986. The maximum absolute atomic E-state index is 11.7. The largest absolute Gasteiger partial charge is 0.457 e. The standard InChI is InChI=1S/C15H18O5S/c1-12(2)15(16)20-13(3)11-19-21(17,18)10-9-14-7-5-4-6-8-14/h4-10,13H,1,11H2,2-3H3. The van der Waals surface area contributed by atoms with Crippen LogP contribution in [0.25, 0.3) is 6.08 Å². The summed E-state index contributed by atoms with van der Waals surface area (Å²) in [7, 11) is -3.83. The van der Waals surface area contributed by atoms with Gasteiger partial charge in [0.15, 0.2) is 0 Å². The molecule has 0 aromatic heterocycles. The van der Waals surface area contributed by atoms with Crippen LogP contribution in [0.15, 0.2) is 47.9 Å². The van der Waals surface area contributed by atoms with Crippen molar-refractivity contribution in [1.29, 1.82) is 0 Å². The minimum atomic E-state index is -3.83. The highest BCUT2D eigenvalue weighted by molar-refractivity contribution is 7.89. The zero-order chi connectivity index (χ0) is 15.9. The van der Waals surface area contributed by atoms with E-state index in [9.17, 15) is 13.2 Å². The van der Waals surface area contributed by atoms with Crippen LogP contribution in [0.4, 0.5) is 0 Å². The van der Waals surface area contributed by atoms with Crippen molar-refractivity contribution in [3.05, 3.63) is 53.5 Å². The maximum atomic E-state index is 11.7. The van der Waals surface area contributed by atoms with Crippen LogP contribution in [-0.2, 0) is 23.8 Å². The van der Waals surface area contributed by atoms with Crippen molar-refractivity contribution < 1.29 is 22.1 Å². The Morgan fingerprint density at radius 3 is 2.52 bits per heavy atom. The summed E-state index contributed by atoms with van der Waals surface area (Å²) in [6.07, 6.45) is 0.744. The minimum Gasteiger partial charge on any atom is -0.457 e. The molecule has 1 unspecified atom stereocenters. The molecule has 1 aromatic carbocycles. The molecule has 0 fully saturated rings. The van der Waals surface area contributed by atoms with Crippen molar-refractivity contribution in [3.8, 4) is 0 Å². The van der Waals surface area contributed by atoms with Gasteiger partial charge in [0.1, 0.15) is 12.7 Å². The average Bonchev–Trinajstić information content (AvgIpc) is 2.44. The molecular weight excluding hydrogens is 292 g/mol. The van der Waals surface area contributed by atoms with Gasteiger partial charge in [-0.25, -0.2) is 4.79 Å². The third-order valence-electron chi connectivity index (χ3n) is 2.35. The fourth-order valence-electron chi connectivity index (χ4n) is 1.27. The Morgan fingerprint density at radius 1 is 1.33 bits per heavy atom. The van der Waals surface area contributed by atoms with E-state index < -0.39 is 22.2 Å². The lowest BCUT2D eigenvalue weighted by Crippen LogP contribution is -2.22. The molecule has 5 nitrogen and oxygen atoms in total. The van der Waals surface area contributed by atoms with Gasteiger partial charge in [-0.3, -0.25) is 4.18 Å². The van der Waals surface area contributed by atoms with Gasteiger partial charge in [0, 0.05) is 5.57 Å². The molecule has 0 N–H and O–H groups in total. The fraction of sp³-hybridized carbons (Fsp3) is 0.267. The van der Waals surface area contributed by atoms with Gasteiger partial charge in [-0.2, -0.15) is 8.42 Å². The highest BCUT2D eigenvalue weighted by Gasteiger charge is 2.14. The van der Waals surface area contributed by atoms with Gasteiger partial charge in [0.05, 0.1) is 5.41 Å². The van der Waals surface area contributed by atoms with Crippen molar-refractivity contribution in [1.82, 2.24) is 0 Å². The SMILES string of the molecule is C=C(C)C(=O)OC(C)COS(=O)(=O)C=Cc1ccccc1. The Balaban J connectivity index is 2.52. The molecule has 6 heteroatoms. The third-order valence-corrected chi connectivity index (χ3v) is 3.28. The second-order valence-electron chi connectivity index (χ2n) is 4.49. The highest BCUT2D eigenvalue weighted by Crippen LogP contribution is 2.06. The second kappa shape index (κ2) is 7.75. The predicted octanol–water partition coefficient (Wildman–Crippen LogP) is 2.51. The molecule has 0 aliphatic rings. The van der Waals surface area contributed by atoms with E-state index in [1.54, 1.807) is 24.3 Å². The van der Waals surface area contributed by atoms with Crippen LogP contribution in [0.5, 0.6) is 0 Å². The molecule has 0 amide bonds. The smallest absolute Gasteiger partial charge is 0.333 e. The number of benzene rings is 1. The minimum absolute atomic E-state index is 0.244. The number of hydrogen-bond donors (Lipinski definition) is 0. The zero-order valence-corrected chi connectivity index (χ0v) is 12.8. The van der Waals surface area contributed by atoms with Gasteiger partial charge >= 0.3 is 5.97 Å². The maximum Gasteiger partial charge on any atom is 0.333 e. The highest BCUT2D eigenvalue weighted by atomic mass is 32.2. The van der Waals surface area contributed by atoms with Crippen LogP contribution in [0.1, 0.15) is 19.4 Å². The Hall–Kier alpha value is -1.92. The Labute approximate surface area is 125 Å². The van der Waals surface area contributed by atoms with E-state index in [2.05, 4.69) is 6.58 Å². The van der Waals surface area contributed by atoms with Gasteiger partial charge in [0.25, 0.3) is 10.1 Å². The van der Waals surface area contributed by atoms with E-state index in [-0.39, 0.29) is 12.2 Å². The first kappa shape index (κ1) is 17.1. The number of ether oxygens (including phenoxy) is 1. The van der Waals surface area contributed by atoms with Gasteiger partial charge in [-0.05, 0) is 25.5 Å². The van der Waals surface area contributed by atoms with E-state index in [4.69, 9.17) is 8.92 Å². The number of hydrogen-bond acceptors (Lipinski definition) is 5. The molecule has 114 valence electrons. The van der Waals surface area contributed by atoms with Crippen LogP contribution in [-0.4, -0.2) is 27.1 Å². The first-order valence-electron chi connectivity index (χ1n) is 6.29. The summed E-state index contributed by atoms with van der Waals surface area (Å²) in [4.78, 5) is 11.2. The molecule has 21 heavy (non-hydrogen) atoms. The van der Waals surface area contributed by atoms with Gasteiger partial charge in [-0.15, -0.1) is 0 Å². The van der Waals surface area contributed by atoms with E-state index in [0.717, 1.165) is 11.0 Å². The van der Waals surface area contributed by atoms with Gasteiger partial charge in [-0.1, -0.05) is 36.9 Å². The summed E-state index contributed by atoms with van der Waals surface area (Å²) < 4.78 is 33.0. The van der Waals surface area contributed by atoms with Crippen LogP contribution in [0, 0.1) is 0 Å². The lowest BCUT2D eigenvalue weighted by molar-refractivity contribution is -0.144. The van der Waals surface area contributed by atoms with E-state index >= 15 is 0 Å². The van der Waals surface area contributed by atoms with Crippen LogP contribution in [0.2, 0.25) is 0 Å². The molecule has 0 aliphatic carbocycles. The van der Waals surface area contributed by atoms with E-state index in [1.807, 2.05) is 6.07 Å². The summed E-state index contributed by atoms with van der Waals surface area (Å²) >= 11 is 0. The fourth-order valence-corrected chi connectivity index (χ4v) is 2.06. The first-order chi connectivity index (χ1) is 9.80. The lowest BCUT2D eigenvalue weighted by atomic mass is 10.2.